The maximum Gasteiger partial charge on any atom is 0.123 e. The monoisotopic (exact) mass is 200 g/mol. The average molecular weight is 200 g/mol. The van der Waals surface area contributed by atoms with Crippen LogP contribution in [-0.2, 0) is 0 Å². The van der Waals surface area contributed by atoms with Crippen molar-refractivity contribution in [1.29, 1.82) is 0 Å². The van der Waals surface area contributed by atoms with Crippen molar-refractivity contribution in [3.8, 4) is 5.75 Å². The molecule has 0 N–H and O–H groups in total. The van der Waals surface area contributed by atoms with Gasteiger partial charge in [0, 0.05) is 0 Å². The maximum absolute atomic E-state index is 5.75. The van der Waals surface area contributed by atoms with Gasteiger partial charge in [0.25, 0.3) is 0 Å². The quantitative estimate of drug-likeness (QED) is 0.713. The van der Waals surface area contributed by atoms with Gasteiger partial charge in [0.05, 0.1) is 6.10 Å². The Hall–Kier alpha value is -1.50. The van der Waals surface area contributed by atoms with E-state index in [9.17, 15) is 0 Å². The summed E-state index contributed by atoms with van der Waals surface area (Å²) in [4.78, 5) is 0. The van der Waals surface area contributed by atoms with Crippen molar-refractivity contribution in [2.24, 2.45) is 0 Å². The highest BCUT2D eigenvalue weighted by Crippen LogP contribution is 2.27. The van der Waals surface area contributed by atoms with E-state index in [2.05, 4.69) is 57.2 Å². The minimum atomic E-state index is 0.227. The van der Waals surface area contributed by atoms with Crippen molar-refractivity contribution >= 4 is 10.8 Å². The zero-order valence-electron chi connectivity index (χ0n) is 9.45. The van der Waals surface area contributed by atoms with Crippen LogP contribution in [0.2, 0.25) is 0 Å². The van der Waals surface area contributed by atoms with E-state index in [1.807, 2.05) is 0 Å². The van der Waals surface area contributed by atoms with Crippen LogP contribution < -0.4 is 4.74 Å². The molecule has 0 radical (unpaired) electrons. The summed E-state index contributed by atoms with van der Waals surface area (Å²) in [6.45, 7) is 6.21. The van der Waals surface area contributed by atoms with Gasteiger partial charge in [0.15, 0.2) is 0 Å². The third-order valence-electron chi connectivity index (χ3n) is 2.51. The predicted octanol–water partition coefficient (Wildman–Crippen LogP) is 3.94. The number of benzene rings is 2. The molecule has 2 aromatic carbocycles. The number of hydrogen-bond acceptors (Lipinski definition) is 1. The molecule has 0 heterocycles. The van der Waals surface area contributed by atoms with E-state index in [4.69, 9.17) is 4.74 Å². The minimum absolute atomic E-state index is 0.227. The van der Waals surface area contributed by atoms with Crippen LogP contribution in [-0.4, -0.2) is 6.10 Å². The van der Waals surface area contributed by atoms with Crippen molar-refractivity contribution in [3.63, 3.8) is 0 Å². The molecule has 2 aromatic rings. The van der Waals surface area contributed by atoms with Crippen LogP contribution in [0.1, 0.15) is 19.4 Å². The molecule has 0 unspecified atom stereocenters. The lowest BCUT2D eigenvalue weighted by Crippen LogP contribution is -2.06. The van der Waals surface area contributed by atoms with E-state index in [1.165, 1.54) is 16.3 Å². The van der Waals surface area contributed by atoms with Gasteiger partial charge in [-0.25, -0.2) is 0 Å². The first-order chi connectivity index (χ1) is 7.18. The normalized spacial score (nSPS) is 10.9. The lowest BCUT2D eigenvalue weighted by Gasteiger charge is -2.13. The highest BCUT2D eigenvalue weighted by Gasteiger charge is 2.05. The highest BCUT2D eigenvalue weighted by molar-refractivity contribution is 5.87. The van der Waals surface area contributed by atoms with Crippen molar-refractivity contribution in [1.82, 2.24) is 0 Å². The summed E-state index contributed by atoms with van der Waals surface area (Å²) in [5.74, 6) is 0.990. The molecule has 0 bridgehead atoms. The average Bonchev–Trinajstić information content (AvgIpc) is 2.22. The molecule has 1 heteroatoms. The summed E-state index contributed by atoms with van der Waals surface area (Å²) < 4.78 is 5.75. The number of aryl methyl sites for hydroxylation is 1. The van der Waals surface area contributed by atoms with Crippen molar-refractivity contribution in [2.75, 3.05) is 0 Å². The molecule has 0 saturated carbocycles. The second-order valence-electron chi connectivity index (χ2n) is 4.08. The van der Waals surface area contributed by atoms with Gasteiger partial charge >= 0.3 is 0 Å². The van der Waals surface area contributed by atoms with Gasteiger partial charge in [0.2, 0.25) is 0 Å². The summed E-state index contributed by atoms with van der Waals surface area (Å²) in [5, 5.41) is 2.54. The predicted molar refractivity (Wildman–Crippen MR) is 64.4 cm³/mol. The van der Waals surface area contributed by atoms with Crippen LogP contribution >= 0.6 is 0 Å². The smallest absolute Gasteiger partial charge is 0.123 e. The molecular formula is C14H16O. The lowest BCUT2D eigenvalue weighted by atomic mass is 10.0. The lowest BCUT2D eigenvalue weighted by molar-refractivity contribution is 0.241. The van der Waals surface area contributed by atoms with E-state index in [1.54, 1.807) is 0 Å². The zero-order chi connectivity index (χ0) is 10.8. The van der Waals surface area contributed by atoms with Crippen molar-refractivity contribution in [3.05, 3.63) is 42.0 Å². The van der Waals surface area contributed by atoms with Gasteiger partial charge in [0.1, 0.15) is 5.75 Å². The summed E-state index contributed by atoms with van der Waals surface area (Å²) in [6.07, 6.45) is 0.227. The standard InChI is InChI=1S/C14H16O/c1-10(2)15-14-9-8-12-6-4-5-7-13(12)11(14)3/h4-10H,1-3H3. The fraction of sp³-hybridized carbons (Fsp3) is 0.286. The third kappa shape index (κ3) is 1.96. The van der Waals surface area contributed by atoms with Crippen LogP contribution in [0.3, 0.4) is 0 Å². The first-order valence-electron chi connectivity index (χ1n) is 5.33. The molecule has 0 atom stereocenters. The van der Waals surface area contributed by atoms with Crippen molar-refractivity contribution < 1.29 is 4.74 Å². The maximum atomic E-state index is 5.75. The summed E-state index contributed by atoms with van der Waals surface area (Å²) in [7, 11) is 0. The van der Waals surface area contributed by atoms with E-state index in [0.717, 1.165) is 5.75 Å². The first-order valence-corrected chi connectivity index (χ1v) is 5.33. The summed E-state index contributed by atoms with van der Waals surface area (Å²) in [6, 6.07) is 12.6. The van der Waals surface area contributed by atoms with Crippen LogP contribution in [0.5, 0.6) is 5.75 Å². The zero-order valence-corrected chi connectivity index (χ0v) is 9.45. The van der Waals surface area contributed by atoms with E-state index in [0.29, 0.717) is 0 Å². The van der Waals surface area contributed by atoms with Gasteiger partial charge in [-0.15, -0.1) is 0 Å². The van der Waals surface area contributed by atoms with Crippen LogP contribution in [0.15, 0.2) is 36.4 Å². The Labute approximate surface area is 90.7 Å². The summed E-state index contributed by atoms with van der Waals surface area (Å²) >= 11 is 0. The number of hydrogen-bond donors (Lipinski definition) is 0. The van der Waals surface area contributed by atoms with E-state index in [-0.39, 0.29) is 6.10 Å². The van der Waals surface area contributed by atoms with Crippen LogP contribution in [0.4, 0.5) is 0 Å². The molecule has 0 fully saturated rings. The van der Waals surface area contributed by atoms with Gasteiger partial charge in [-0.05, 0) is 43.2 Å². The van der Waals surface area contributed by atoms with Gasteiger partial charge in [-0.1, -0.05) is 30.3 Å². The molecule has 0 aliphatic carbocycles. The van der Waals surface area contributed by atoms with Gasteiger partial charge in [-0.3, -0.25) is 0 Å². The highest BCUT2D eigenvalue weighted by atomic mass is 16.5. The molecule has 0 amide bonds. The Balaban J connectivity index is 2.55. The fourth-order valence-corrected chi connectivity index (χ4v) is 1.79. The van der Waals surface area contributed by atoms with Crippen LogP contribution in [0.25, 0.3) is 10.8 Å². The van der Waals surface area contributed by atoms with Crippen molar-refractivity contribution in [2.45, 2.75) is 26.9 Å². The molecule has 0 saturated heterocycles. The Morgan fingerprint density at radius 3 is 2.47 bits per heavy atom. The van der Waals surface area contributed by atoms with Gasteiger partial charge in [-0.2, -0.15) is 0 Å². The SMILES string of the molecule is Cc1c(OC(C)C)ccc2ccccc12. The second kappa shape index (κ2) is 3.93. The molecule has 0 aliphatic rings. The largest absolute Gasteiger partial charge is 0.491 e. The molecule has 0 spiro atoms. The summed E-state index contributed by atoms with van der Waals surface area (Å²) in [5.41, 5.74) is 1.22. The molecule has 1 nitrogen and oxygen atoms in total. The van der Waals surface area contributed by atoms with Crippen LogP contribution in [0, 0.1) is 6.92 Å². The topological polar surface area (TPSA) is 9.23 Å². The Morgan fingerprint density at radius 1 is 1.00 bits per heavy atom. The third-order valence-corrected chi connectivity index (χ3v) is 2.51. The number of ether oxygens (including phenoxy) is 1. The molecule has 15 heavy (non-hydrogen) atoms. The molecule has 2 rings (SSSR count). The molecular weight excluding hydrogens is 184 g/mol. The Kier molecular flexibility index (Phi) is 2.63. The minimum Gasteiger partial charge on any atom is -0.491 e. The van der Waals surface area contributed by atoms with E-state index < -0.39 is 0 Å². The fourth-order valence-electron chi connectivity index (χ4n) is 1.79. The number of fused-ring (bicyclic) bond motifs is 1. The Morgan fingerprint density at radius 2 is 1.73 bits per heavy atom. The molecule has 0 aliphatic heterocycles. The second-order valence-corrected chi connectivity index (χ2v) is 4.08. The van der Waals surface area contributed by atoms with E-state index >= 15 is 0 Å². The Bertz CT molecular complexity index is 472. The molecule has 78 valence electrons. The number of rotatable bonds is 2. The molecule has 0 aromatic heterocycles. The van der Waals surface area contributed by atoms with Gasteiger partial charge < -0.3 is 4.74 Å². The first kappa shape index (κ1) is 10.0.